The van der Waals surface area contributed by atoms with Gasteiger partial charge in [-0.2, -0.15) is 0 Å². The van der Waals surface area contributed by atoms with Crippen molar-refractivity contribution in [2.75, 3.05) is 0 Å². The lowest BCUT2D eigenvalue weighted by molar-refractivity contribution is 0.509. The second-order valence-electron chi connectivity index (χ2n) is 3.76. The van der Waals surface area contributed by atoms with Gasteiger partial charge in [-0.3, -0.25) is 0 Å². The van der Waals surface area contributed by atoms with E-state index in [1.54, 1.807) is 0 Å². The maximum atomic E-state index is 13.3. The molecule has 0 aliphatic carbocycles. The summed E-state index contributed by atoms with van der Waals surface area (Å²) in [5, 5.41) is 0.0588. The number of hydrogen-bond donors (Lipinski definition) is 1. The van der Waals surface area contributed by atoms with Crippen molar-refractivity contribution in [2.45, 2.75) is 6.54 Å². The fourth-order valence-corrected chi connectivity index (χ4v) is 1.90. The van der Waals surface area contributed by atoms with E-state index < -0.39 is 17.5 Å². The first-order chi connectivity index (χ1) is 8.52. The molecule has 0 bridgehead atoms. The van der Waals surface area contributed by atoms with Crippen LogP contribution in [0.4, 0.5) is 13.2 Å². The zero-order valence-electron chi connectivity index (χ0n) is 9.18. The van der Waals surface area contributed by atoms with Gasteiger partial charge in [0.15, 0.2) is 11.6 Å². The maximum Gasteiger partial charge on any atom is 0.160 e. The predicted molar refractivity (Wildman–Crippen MR) is 64.7 cm³/mol. The van der Waals surface area contributed by atoms with Crippen molar-refractivity contribution < 1.29 is 13.2 Å². The van der Waals surface area contributed by atoms with Gasteiger partial charge < -0.3 is 5.73 Å². The summed E-state index contributed by atoms with van der Waals surface area (Å²) in [6.07, 6.45) is 0. The molecule has 18 heavy (non-hydrogen) atoms. The van der Waals surface area contributed by atoms with E-state index in [9.17, 15) is 13.2 Å². The number of nitrogens with two attached hydrogens (primary N) is 1. The highest BCUT2D eigenvalue weighted by molar-refractivity contribution is 6.33. The molecule has 0 aliphatic rings. The van der Waals surface area contributed by atoms with Crippen LogP contribution in [0.25, 0.3) is 11.1 Å². The topological polar surface area (TPSA) is 26.0 Å². The third kappa shape index (κ3) is 2.35. The van der Waals surface area contributed by atoms with Gasteiger partial charge >= 0.3 is 0 Å². The van der Waals surface area contributed by atoms with Crippen molar-refractivity contribution in [3.63, 3.8) is 0 Å². The van der Waals surface area contributed by atoms with E-state index in [2.05, 4.69) is 0 Å². The van der Waals surface area contributed by atoms with E-state index >= 15 is 0 Å². The van der Waals surface area contributed by atoms with E-state index in [0.29, 0.717) is 11.1 Å². The van der Waals surface area contributed by atoms with Crippen molar-refractivity contribution in [3.8, 4) is 11.1 Å². The molecule has 0 aromatic heterocycles. The van der Waals surface area contributed by atoms with Gasteiger partial charge in [0.25, 0.3) is 0 Å². The summed E-state index contributed by atoms with van der Waals surface area (Å²) < 4.78 is 39.4. The lowest BCUT2D eigenvalue weighted by atomic mass is 10.0. The maximum absolute atomic E-state index is 13.3. The van der Waals surface area contributed by atoms with Crippen LogP contribution in [0, 0.1) is 17.5 Å². The summed E-state index contributed by atoms with van der Waals surface area (Å²) in [5.74, 6) is -2.47. The molecule has 1 nitrogen and oxygen atoms in total. The minimum atomic E-state index is -1.02. The Bertz CT molecular complexity index is 599. The van der Waals surface area contributed by atoms with E-state index in [4.69, 9.17) is 17.3 Å². The first-order valence-corrected chi connectivity index (χ1v) is 5.54. The van der Waals surface area contributed by atoms with Crippen molar-refractivity contribution in [2.24, 2.45) is 5.73 Å². The summed E-state index contributed by atoms with van der Waals surface area (Å²) in [6.45, 7) is 0.0149. The third-order valence-corrected chi connectivity index (χ3v) is 2.90. The average molecular weight is 272 g/mol. The molecule has 5 heteroatoms. The average Bonchev–Trinajstić information content (AvgIpc) is 2.35. The zero-order chi connectivity index (χ0) is 13.3. The van der Waals surface area contributed by atoms with Gasteiger partial charge in [-0.1, -0.05) is 17.7 Å². The molecule has 94 valence electrons. The van der Waals surface area contributed by atoms with Crippen molar-refractivity contribution in [3.05, 3.63) is 58.4 Å². The fourth-order valence-electron chi connectivity index (χ4n) is 1.64. The predicted octanol–water partition coefficient (Wildman–Crippen LogP) is 3.88. The summed E-state index contributed by atoms with van der Waals surface area (Å²) in [6, 6.07) is 5.99. The lowest BCUT2D eigenvalue weighted by Crippen LogP contribution is -2.00. The fraction of sp³-hybridized carbons (Fsp3) is 0.0769. The Balaban J connectivity index is 2.58. The van der Waals surface area contributed by atoms with Crippen molar-refractivity contribution in [1.82, 2.24) is 0 Å². The molecule has 2 rings (SSSR count). The Labute approximate surface area is 107 Å². The molecule has 0 unspecified atom stereocenters. The Kier molecular flexibility index (Phi) is 3.59. The highest BCUT2D eigenvalue weighted by Crippen LogP contribution is 2.31. The number of benzene rings is 2. The standard InChI is InChI=1S/C13H9ClF3N/c14-10-5-13(17)12(16)4-9(10)7-1-2-11(15)8(3-7)6-18/h1-5H,6,18H2. The van der Waals surface area contributed by atoms with Crippen LogP contribution in [-0.4, -0.2) is 0 Å². The minimum Gasteiger partial charge on any atom is -0.326 e. The molecule has 0 atom stereocenters. The minimum absolute atomic E-state index is 0.0149. The second-order valence-corrected chi connectivity index (χ2v) is 4.16. The Morgan fingerprint density at radius 3 is 2.28 bits per heavy atom. The van der Waals surface area contributed by atoms with E-state index in [-0.39, 0.29) is 17.1 Å². The van der Waals surface area contributed by atoms with Gasteiger partial charge in [-0.25, -0.2) is 13.2 Å². The molecule has 0 fully saturated rings. The second kappa shape index (κ2) is 5.00. The highest BCUT2D eigenvalue weighted by Gasteiger charge is 2.11. The van der Waals surface area contributed by atoms with Gasteiger partial charge in [-0.05, 0) is 29.8 Å². The Hall–Kier alpha value is -1.52. The number of rotatable bonds is 2. The summed E-state index contributed by atoms with van der Waals surface area (Å²) in [7, 11) is 0. The Morgan fingerprint density at radius 2 is 1.61 bits per heavy atom. The molecular formula is C13H9ClF3N. The first kappa shape index (κ1) is 12.9. The van der Waals surface area contributed by atoms with Crippen LogP contribution < -0.4 is 5.73 Å². The molecule has 0 amide bonds. The van der Waals surface area contributed by atoms with Crippen LogP contribution in [-0.2, 0) is 6.54 Å². The van der Waals surface area contributed by atoms with Gasteiger partial charge in [0.1, 0.15) is 5.82 Å². The third-order valence-electron chi connectivity index (χ3n) is 2.59. The first-order valence-electron chi connectivity index (χ1n) is 5.16. The lowest BCUT2D eigenvalue weighted by Gasteiger charge is -2.08. The quantitative estimate of drug-likeness (QED) is 0.824. The van der Waals surface area contributed by atoms with Gasteiger partial charge in [0.2, 0.25) is 0 Å². The van der Waals surface area contributed by atoms with Crippen molar-refractivity contribution in [1.29, 1.82) is 0 Å². The van der Waals surface area contributed by atoms with Crippen LogP contribution >= 0.6 is 11.6 Å². The summed E-state index contributed by atoms with van der Waals surface area (Å²) in [5.41, 5.74) is 6.45. The van der Waals surface area contributed by atoms with Crippen LogP contribution in [0.15, 0.2) is 30.3 Å². The molecule has 2 aromatic rings. The van der Waals surface area contributed by atoms with Gasteiger partial charge in [0.05, 0.1) is 5.02 Å². The summed E-state index contributed by atoms with van der Waals surface area (Å²) in [4.78, 5) is 0. The SMILES string of the molecule is NCc1cc(-c2cc(F)c(F)cc2Cl)ccc1F. The van der Waals surface area contributed by atoms with E-state index in [1.165, 1.54) is 18.2 Å². The molecule has 2 aromatic carbocycles. The van der Waals surface area contributed by atoms with Crippen LogP contribution in [0.5, 0.6) is 0 Å². The van der Waals surface area contributed by atoms with Crippen LogP contribution in [0.1, 0.15) is 5.56 Å². The molecule has 0 radical (unpaired) electrons. The normalized spacial score (nSPS) is 10.7. The molecular weight excluding hydrogens is 263 g/mol. The van der Waals surface area contributed by atoms with Crippen molar-refractivity contribution >= 4 is 11.6 Å². The molecule has 2 N–H and O–H groups in total. The van der Waals surface area contributed by atoms with E-state index in [0.717, 1.165) is 12.1 Å². The largest absolute Gasteiger partial charge is 0.326 e. The zero-order valence-corrected chi connectivity index (χ0v) is 9.94. The van der Waals surface area contributed by atoms with Crippen LogP contribution in [0.2, 0.25) is 5.02 Å². The highest BCUT2D eigenvalue weighted by atomic mass is 35.5. The smallest absolute Gasteiger partial charge is 0.160 e. The molecule has 0 heterocycles. The number of hydrogen-bond acceptors (Lipinski definition) is 1. The monoisotopic (exact) mass is 271 g/mol. The van der Waals surface area contributed by atoms with Gasteiger partial charge in [0, 0.05) is 17.7 Å². The van der Waals surface area contributed by atoms with Gasteiger partial charge in [-0.15, -0.1) is 0 Å². The molecule has 0 saturated heterocycles. The molecule has 0 aliphatic heterocycles. The molecule has 0 spiro atoms. The molecule has 0 saturated carbocycles. The van der Waals surface area contributed by atoms with Crippen LogP contribution in [0.3, 0.4) is 0 Å². The summed E-state index contributed by atoms with van der Waals surface area (Å²) >= 11 is 5.84. The Morgan fingerprint density at radius 1 is 0.944 bits per heavy atom. The number of halogens is 4. The van der Waals surface area contributed by atoms with E-state index in [1.807, 2.05) is 0 Å².